The fraction of sp³-hybridized carbons (Fsp3) is 0.438. The maximum Gasteiger partial charge on any atom is 0.269 e. The number of carbonyl (C=O) groups excluding carboxylic acids is 2. The quantitative estimate of drug-likeness (QED) is 0.856. The van der Waals surface area contributed by atoms with E-state index >= 15 is 0 Å². The first kappa shape index (κ1) is 15.2. The number of aryl methyl sites for hydroxylation is 2. The predicted molar refractivity (Wildman–Crippen MR) is 83.4 cm³/mol. The van der Waals surface area contributed by atoms with Gasteiger partial charge in [0.1, 0.15) is 5.71 Å². The molecule has 0 N–H and O–H groups in total. The number of anilines is 1. The van der Waals surface area contributed by atoms with Crippen molar-refractivity contribution < 1.29 is 9.59 Å². The number of hydrogen-bond acceptors (Lipinski definition) is 3. The van der Waals surface area contributed by atoms with Crippen LogP contribution in [0.2, 0.25) is 0 Å². The standard InChI is InChI=1S/C16H21N3O2/c1-5-18(4)16(21)13-8-9-15(20)19(17-13)14-10-11(2)6-7-12(14)3/h6-7,10H,5,8-9H2,1-4H3. The van der Waals surface area contributed by atoms with Crippen LogP contribution in [0.1, 0.15) is 30.9 Å². The molecule has 0 aliphatic carbocycles. The Bertz CT molecular complexity index is 608. The minimum atomic E-state index is -0.111. The molecule has 1 heterocycles. The SMILES string of the molecule is CCN(C)C(=O)C1=NN(c2cc(C)ccc2C)C(=O)CC1. The van der Waals surface area contributed by atoms with E-state index < -0.39 is 0 Å². The number of benzene rings is 1. The van der Waals surface area contributed by atoms with E-state index in [1.54, 1.807) is 11.9 Å². The number of hydrazone groups is 1. The van der Waals surface area contributed by atoms with Crippen molar-refractivity contribution in [1.29, 1.82) is 0 Å². The van der Waals surface area contributed by atoms with Gasteiger partial charge in [-0.25, -0.2) is 5.01 Å². The third-order valence-corrected chi connectivity index (χ3v) is 3.69. The van der Waals surface area contributed by atoms with E-state index in [4.69, 9.17) is 0 Å². The predicted octanol–water partition coefficient (Wildman–Crippen LogP) is 2.26. The van der Waals surface area contributed by atoms with Gasteiger partial charge in [0, 0.05) is 26.4 Å². The molecule has 0 unspecified atom stereocenters. The van der Waals surface area contributed by atoms with Crippen LogP contribution in [0, 0.1) is 13.8 Å². The Morgan fingerprint density at radius 2 is 2.05 bits per heavy atom. The van der Waals surface area contributed by atoms with E-state index in [9.17, 15) is 9.59 Å². The van der Waals surface area contributed by atoms with E-state index in [0.29, 0.717) is 25.1 Å². The van der Waals surface area contributed by atoms with Crippen molar-refractivity contribution in [3.8, 4) is 0 Å². The zero-order valence-corrected chi connectivity index (χ0v) is 13.0. The molecular formula is C16H21N3O2. The fourth-order valence-corrected chi connectivity index (χ4v) is 2.21. The molecule has 0 saturated heterocycles. The van der Waals surface area contributed by atoms with E-state index in [2.05, 4.69) is 5.10 Å². The normalized spacial score (nSPS) is 15.0. The number of rotatable bonds is 3. The van der Waals surface area contributed by atoms with Crippen LogP contribution in [0.3, 0.4) is 0 Å². The second kappa shape index (κ2) is 6.08. The highest BCUT2D eigenvalue weighted by Crippen LogP contribution is 2.25. The summed E-state index contributed by atoms with van der Waals surface area (Å²) in [5.74, 6) is -0.181. The molecule has 0 fully saturated rings. The van der Waals surface area contributed by atoms with Gasteiger partial charge in [-0.2, -0.15) is 5.10 Å². The summed E-state index contributed by atoms with van der Waals surface area (Å²) in [5, 5.41) is 5.69. The Morgan fingerprint density at radius 3 is 2.71 bits per heavy atom. The lowest BCUT2D eigenvalue weighted by Gasteiger charge is -2.26. The smallest absolute Gasteiger partial charge is 0.269 e. The Labute approximate surface area is 125 Å². The summed E-state index contributed by atoms with van der Waals surface area (Å²) in [6, 6.07) is 5.88. The van der Waals surface area contributed by atoms with Gasteiger partial charge in [0.25, 0.3) is 5.91 Å². The number of hydrogen-bond donors (Lipinski definition) is 0. The Kier molecular flexibility index (Phi) is 4.40. The van der Waals surface area contributed by atoms with Crippen LogP contribution in [0.5, 0.6) is 0 Å². The van der Waals surface area contributed by atoms with E-state index in [1.807, 2.05) is 39.0 Å². The molecule has 0 atom stereocenters. The molecule has 0 bridgehead atoms. The molecule has 1 aliphatic heterocycles. The highest BCUT2D eigenvalue weighted by Gasteiger charge is 2.27. The van der Waals surface area contributed by atoms with Crippen LogP contribution >= 0.6 is 0 Å². The number of amides is 2. The molecule has 1 aliphatic rings. The first-order chi connectivity index (χ1) is 9.93. The van der Waals surface area contributed by atoms with Crippen LogP contribution < -0.4 is 5.01 Å². The van der Waals surface area contributed by atoms with Crippen LogP contribution in [0.25, 0.3) is 0 Å². The Hall–Kier alpha value is -2.17. The molecule has 1 aromatic carbocycles. The van der Waals surface area contributed by atoms with Crippen LogP contribution in [-0.4, -0.2) is 36.0 Å². The highest BCUT2D eigenvalue weighted by molar-refractivity contribution is 6.40. The maximum absolute atomic E-state index is 12.2. The molecule has 0 spiro atoms. The van der Waals surface area contributed by atoms with Crippen molar-refractivity contribution in [3.63, 3.8) is 0 Å². The van der Waals surface area contributed by atoms with Crippen molar-refractivity contribution in [1.82, 2.24) is 4.90 Å². The van der Waals surface area contributed by atoms with Crippen molar-refractivity contribution in [3.05, 3.63) is 29.3 Å². The van der Waals surface area contributed by atoms with Gasteiger partial charge in [0.2, 0.25) is 5.91 Å². The molecule has 0 aromatic heterocycles. The van der Waals surface area contributed by atoms with Gasteiger partial charge < -0.3 is 4.90 Å². The van der Waals surface area contributed by atoms with Gasteiger partial charge in [0.05, 0.1) is 5.69 Å². The van der Waals surface area contributed by atoms with Gasteiger partial charge in [-0.05, 0) is 38.0 Å². The van der Waals surface area contributed by atoms with Crippen molar-refractivity contribution >= 4 is 23.2 Å². The highest BCUT2D eigenvalue weighted by atomic mass is 16.2. The summed E-state index contributed by atoms with van der Waals surface area (Å²) in [6.45, 7) is 6.44. The lowest BCUT2D eigenvalue weighted by Crippen LogP contribution is -2.40. The molecule has 1 aromatic rings. The van der Waals surface area contributed by atoms with Crippen molar-refractivity contribution in [2.75, 3.05) is 18.6 Å². The Balaban J connectivity index is 2.39. The maximum atomic E-state index is 12.2. The average Bonchev–Trinajstić information content (AvgIpc) is 2.49. The summed E-state index contributed by atoms with van der Waals surface area (Å²) in [6.07, 6.45) is 0.721. The number of nitrogens with zero attached hydrogens (tertiary/aromatic N) is 3. The monoisotopic (exact) mass is 287 g/mol. The first-order valence-corrected chi connectivity index (χ1v) is 7.17. The van der Waals surface area contributed by atoms with Crippen molar-refractivity contribution in [2.45, 2.75) is 33.6 Å². The lowest BCUT2D eigenvalue weighted by molar-refractivity contribution is -0.123. The average molecular weight is 287 g/mol. The second-order valence-electron chi connectivity index (χ2n) is 5.36. The molecule has 0 radical (unpaired) electrons. The third kappa shape index (κ3) is 3.12. The topological polar surface area (TPSA) is 53.0 Å². The summed E-state index contributed by atoms with van der Waals surface area (Å²) >= 11 is 0. The van der Waals surface area contributed by atoms with Gasteiger partial charge >= 0.3 is 0 Å². The molecule has 5 nitrogen and oxygen atoms in total. The molecule has 112 valence electrons. The van der Waals surface area contributed by atoms with Gasteiger partial charge in [-0.15, -0.1) is 0 Å². The summed E-state index contributed by atoms with van der Waals surface area (Å²) in [7, 11) is 1.74. The largest absolute Gasteiger partial charge is 0.341 e. The molecule has 0 saturated carbocycles. The van der Waals surface area contributed by atoms with Gasteiger partial charge in [-0.1, -0.05) is 12.1 Å². The van der Waals surface area contributed by atoms with Gasteiger partial charge in [-0.3, -0.25) is 9.59 Å². The van der Waals surface area contributed by atoms with E-state index in [0.717, 1.165) is 16.8 Å². The molecule has 5 heteroatoms. The van der Waals surface area contributed by atoms with E-state index in [-0.39, 0.29) is 11.8 Å². The van der Waals surface area contributed by atoms with Crippen LogP contribution in [0.15, 0.2) is 23.3 Å². The Morgan fingerprint density at radius 1 is 1.33 bits per heavy atom. The summed E-state index contributed by atoms with van der Waals surface area (Å²) in [4.78, 5) is 26.0. The van der Waals surface area contributed by atoms with Crippen LogP contribution in [0.4, 0.5) is 5.69 Å². The minimum absolute atomic E-state index is 0.0700. The number of carbonyl (C=O) groups is 2. The van der Waals surface area contributed by atoms with Crippen LogP contribution in [-0.2, 0) is 9.59 Å². The zero-order chi connectivity index (χ0) is 15.6. The van der Waals surface area contributed by atoms with Gasteiger partial charge in [0.15, 0.2) is 0 Å². The molecular weight excluding hydrogens is 266 g/mol. The van der Waals surface area contributed by atoms with Crippen molar-refractivity contribution in [2.24, 2.45) is 5.10 Å². The first-order valence-electron chi connectivity index (χ1n) is 7.17. The minimum Gasteiger partial charge on any atom is -0.341 e. The molecule has 21 heavy (non-hydrogen) atoms. The molecule has 2 amide bonds. The molecule has 2 rings (SSSR count). The van der Waals surface area contributed by atoms with E-state index in [1.165, 1.54) is 5.01 Å². The third-order valence-electron chi connectivity index (χ3n) is 3.69. The summed E-state index contributed by atoms with van der Waals surface area (Å²) < 4.78 is 0. The summed E-state index contributed by atoms with van der Waals surface area (Å²) in [5.41, 5.74) is 3.22. The zero-order valence-electron chi connectivity index (χ0n) is 13.0. The fourth-order valence-electron chi connectivity index (χ4n) is 2.21. The lowest BCUT2D eigenvalue weighted by atomic mass is 10.1. The second-order valence-corrected chi connectivity index (χ2v) is 5.36.